The van der Waals surface area contributed by atoms with Crippen molar-refractivity contribution < 1.29 is 33.4 Å². The first-order chi connectivity index (χ1) is 25.6. The monoisotopic (exact) mass is 756 g/mol. The lowest BCUT2D eigenvalue weighted by Crippen LogP contribution is -2.60. The number of azide groups is 1. The lowest BCUT2D eigenvalue weighted by Gasteiger charge is -2.41. The summed E-state index contributed by atoms with van der Waals surface area (Å²) in [5.74, 6) is -3.30. The van der Waals surface area contributed by atoms with E-state index in [9.17, 15) is 29.5 Å². The fraction of sp³-hybridized carbons (Fsp3) is 0.718. The van der Waals surface area contributed by atoms with Crippen LogP contribution in [-0.2, 0) is 39.9 Å². The number of ketones is 1. The highest BCUT2D eigenvalue weighted by Crippen LogP contribution is 2.30. The van der Waals surface area contributed by atoms with Crippen molar-refractivity contribution >= 4 is 29.4 Å². The molecule has 0 aliphatic carbocycles. The quantitative estimate of drug-likeness (QED) is 0.0851. The Morgan fingerprint density at radius 2 is 1.69 bits per heavy atom. The summed E-state index contributed by atoms with van der Waals surface area (Å²) in [6.07, 6.45) is 0.884. The number of amides is 4. The Morgan fingerprint density at radius 1 is 1.04 bits per heavy atom. The summed E-state index contributed by atoms with van der Waals surface area (Å²) in [4.78, 5) is 73.8. The maximum atomic E-state index is 14.2. The molecule has 54 heavy (non-hydrogen) atoms. The van der Waals surface area contributed by atoms with E-state index in [0.717, 1.165) is 5.56 Å². The Labute approximate surface area is 321 Å². The molecule has 0 aromatic heterocycles. The van der Waals surface area contributed by atoms with E-state index in [1.165, 1.54) is 19.1 Å². The van der Waals surface area contributed by atoms with Gasteiger partial charge in [0.25, 0.3) is 0 Å². The van der Waals surface area contributed by atoms with Crippen LogP contribution in [0.3, 0.4) is 0 Å². The van der Waals surface area contributed by atoms with Crippen molar-refractivity contribution in [1.29, 1.82) is 0 Å². The van der Waals surface area contributed by atoms with Crippen molar-refractivity contribution in [3.63, 3.8) is 0 Å². The Balaban J connectivity index is 2.31. The van der Waals surface area contributed by atoms with Gasteiger partial charge in [-0.05, 0) is 49.2 Å². The van der Waals surface area contributed by atoms with Crippen molar-refractivity contribution in [3.8, 4) is 0 Å². The lowest BCUT2D eigenvalue weighted by atomic mass is 9.85. The summed E-state index contributed by atoms with van der Waals surface area (Å²) in [5, 5.41) is 9.53. The molecule has 302 valence electrons. The summed E-state index contributed by atoms with van der Waals surface area (Å²) >= 11 is 0. The van der Waals surface area contributed by atoms with E-state index >= 15 is 0 Å². The molecule has 0 unspecified atom stereocenters. The van der Waals surface area contributed by atoms with Gasteiger partial charge in [0.1, 0.15) is 11.8 Å². The maximum absolute atomic E-state index is 14.2. The lowest BCUT2D eigenvalue weighted by molar-refractivity contribution is -0.147. The molecule has 0 saturated carbocycles. The normalized spacial score (nSPS) is 19.3. The van der Waals surface area contributed by atoms with Crippen LogP contribution in [0.1, 0.15) is 79.2 Å². The average Bonchev–Trinajstić information content (AvgIpc) is 3.63. The zero-order chi connectivity index (χ0) is 40.7. The van der Waals surface area contributed by atoms with Crippen LogP contribution in [0.2, 0.25) is 0 Å². The largest absolute Gasteiger partial charge is 0.379 e. The number of hydrogen-bond donors (Lipinski definition) is 3. The van der Waals surface area contributed by atoms with Crippen LogP contribution in [0.5, 0.6) is 0 Å². The fourth-order valence-electron chi connectivity index (χ4n) is 7.71. The minimum atomic E-state index is -1.17. The molecule has 1 aliphatic heterocycles. The topological polar surface area (TPSA) is 209 Å². The summed E-state index contributed by atoms with van der Waals surface area (Å²) in [6, 6.07) is 5.77. The third-order valence-electron chi connectivity index (χ3n) is 11.1. The van der Waals surface area contributed by atoms with Gasteiger partial charge in [0.2, 0.25) is 23.6 Å². The maximum Gasteiger partial charge on any atom is 0.245 e. The number of Topliss-reactive ketones (excluding diaryl/α,β-unsaturated/α-hetero) is 1. The van der Waals surface area contributed by atoms with E-state index in [1.807, 2.05) is 58.0 Å². The first-order valence-corrected chi connectivity index (χ1v) is 19.1. The highest BCUT2D eigenvalue weighted by Gasteiger charge is 2.43. The van der Waals surface area contributed by atoms with Gasteiger partial charge in [-0.2, -0.15) is 0 Å². The van der Waals surface area contributed by atoms with Crippen LogP contribution >= 0.6 is 0 Å². The second kappa shape index (κ2) is 22.4. The molecule has 1 fully saturated rings. The second-order valence-corrected chi connectivity index (χ2v) is 15.0. The van der Waals surface area contributed by atoms with Crippen LogP contribution in [-0.4, -0.2) is 116 Å². The van der Waals surface area contributed by atoms with Crippen LogP contribution in [0, 0.1) is 23.7 Å². The van der Waals surface area contributed by atoms with E-state index < -0.39 is 72.0 Å². The highest BCUT2D eigenvalue weighted by molar-refractivity contribution is 5.91. The Morgan fingerprint density at radius 3 is 2.20 bits per heavy atom. The van der Waals surface area contributed by atoms with Gasteiger partial charge in [0, 0.05) is 51.0 Å². The predicted octanol–water partition coefficient (Wildman–Crippen LogP) is 3.64. The van der Waals surface area contributed by atoms with Crippen molar-refractivity contribution in [1.82, 2.24) is 20.4 Å². The van der Waals surface area contributed by atoms with Gasteiger partial charge in [-0.3, -0.25) is 24.0 Å². The van der Waals surface area contributed by atoms with E-state index in [0.29, 0.717) is 32.2 Å². The minimum absolute atomic E-state index is 0.0402. The molecule has 1 saturated heterocycles. The number of methoxy groups -OCH3 is 2. The number of carbonyl (C=O) groups excluding carboxylic acids is 5. The van der Waals surface area contributed by atoms with Crippen LogP contribution in [0.25, 0.3) is 10.4 Å². The fourth-order valence-corrected chi connectivity index (χ4v) is 7.71. The molecule has 4 N–H and O–H groups in total. The molecule has 15 heteroatoms. The van der Waals surface area contributed by atoms with Crippen LogP contribution < -0.4 is 16.4 Å². The van der Waals surface area contributed by atoms with E-state index in [-0.39, 0.29) is 36.4 Å². The molecule has 1 aliphatic rings. The molecule has 0 radical (unpaired) electrons. The second-order valence-electron chi connectivity index (χ2n) is 15.0. The highest BCUT2D eigenvalue weighted by atomic mass is 16.5. The van der Waals surface area contributed by atoms with Crippen molar-refractivity contribution in [2.24, 2.45) is 34.5 Å². The number of carbonyl (C=O) groups is 5. The van der Waals surface area contributed by atoms with Gasteiger partial charge in [-0.1, -0.05) is 83.4 Å². The number of ether oxygens (including phenoxy) is 2. The number of likely N-dealkylation sites (tertiary alicyclic amines) is 1. The number of hydrogen-bond acceptors (Lipinski definition) is 9. The third-order valence-corrected chi connectivity index (χ3v) is 11.1. The number of nitrogens with zero attached hydrogens (tertiary/aromatic N) is 5. The predicted molar refractivity (Wildman–Crippen MR) is 207 cm³/mol. The molecular formula is C39H64N8O7. The van der Waals surface area contributed by atoms with Crippen LogP contribution in [0.4, 0.5) is 0 Å². The number of likely N-dealkylation sites (N-methyl/N-ethyl adjacent to an activating group) is 2. The van der Waals surface area contributed by atoms with Gasteiger partial charge in [0.05, 0.1) is 42.8 Å². The van der Waals surface area contributed by atoms with Crippen LogP contribution in [0.15, 0.2) is 35.4 Å². The van der Waals surface area contributed by atoms with Crippen molar-refractivity contribution in [3.05, 3.63) is 46.3 Å². The number of nitrogens with two attached hydrogens (primary N) is 1. The van der Waals surface area contributed by atoms with E-state index in [4.69, 9.17) is 15.2 Å². The molecule has 0 bridgehead atoms. The first kappa shape index (κ1) is 46.1. The molecule has 10 atom stereocenters. The van der Waals surface area contributed by atoms with Gasteiger partial charge in [-0.25, -0.2) is 0 Å². The first-order valence-electron chi connectivity index (χ1n) is 19.1. The Kier molecular flexibility index (Phi) is 19.1. The zero-order valence-electron chi connectivity index (χ0n) is 33.9. The zero-order valence-corrected chi connectivity index (χ0v) is 33.9. The molecule has 2 rings (SSSR count). The summed E-state index contributed by atoms with van der Waals surface area (Å²) in [6.45, 7) is 11.5. The summed E-state index contributed by atoms with van der Waals surface area (Å²) in [5.41, 5.74) is 15.8. The number of primary amides is 1. The summed E-state index contributed by atoms with van der Waals surface area (Å²) in [7, 11) is 6.29. The molecule has 1 aromatic rings. The molecule has 15 nitrogen and oxygen atoms in total. The van der Waals surface area contributed by atoms with Gasteiger partial charge >= 0.3 is 0 Å². The van der Waals surface area contributed by atoms with Gasteiger partial charge < -0.3 is 35.6 Å². The Hall–Kier alpha value is -4.04. The SMILES string of the molecule is CC[C@H](C)[C@@H]([C@@H](CC(=O)N1CCC[C@H]1[C@H](OC)[C@@H](C)C(=O)C[C@@H](Cc1ccccc1)C(N)=O)OC)N(C)C(=O)[C@@H](NC(=O)[C@@H](NC)C(C)C)[C@H](C)N=[N+]=[N-]. The molecule has 0 spiro atoms. The smallest absolute Gasteiger partial charge is 0.245 e. The van der Waals surface area contributed by atoms with Gasteiger partial charge in [-0.15, -0.1) is 0 Å². The standard InChI is InChI=1S/C39H64N8O7/c1-11-24(4)35(46(8)39(52)34(26(6)44-45-41)43-38(51)33(42-7)23(2)3)31(53-9)22-32(49)47-19-15-18-29(47)36(54-10)25(5)30(48)21-28(37(40)50)20-27-16-13-12-14-17-27/h12-14,16-17,23-26,28-29,31,33-36,42H,11,15,18-22H2,1-10H3,(H2,40,50)(H,43,51)/t24-,25-,26-,28+,29-,31+,33-,34-,35-,36+/m0/s1. The molecular weight excluding hydrogens is 692 g/mol. The molecule has 4 amide bonds. The molecule has 1 aromatic carbocycles. The minimum Gasteiger partial charge on any atom is -0.379 e. The number of benzene rings is 1. The number of rotatable bonds is 23. The number of nitrogens with one attached hydrogen (secondary N) is 2. The average molecular weight is 757 g/mol. The van der Waals surface area contributed by atoms with E-state index in [1.54, 1.807) is 32.8 Å². The van der Waals surface area contributed by atoms with Crippen molar-refractivity contribution in [2.45, 2.75) is 122 Å². The van der Waals surface area contributed by atoms with Gasteiger partial charge in [0.15, 0.2) is 0 Å². The molecule has 1 heterocycles. The van der Waals surface area contributed by atoms with Crippen molar-refractivity contribution in [2.75, 3.05) is 34.9 Å². The Bertz CT molecular complexity index is 1440. The third kappa shape index (κ3) is 12.2. The van der Waals surface area contributed by atoms with E-state index in [2.05, 4.69) is 20.7 Å². The summed E-state index contributed by atoms with van der Waals surface area (Å²) < 4.78 is 11.9.